The van der Waals surface area contributed by atoms with Gasteiger partial charge in [-0.05, 0) is 25.0 Å². The summed E-state index contributed by atoms with van der Waals surface area (Å²) in [7, 11) is 0. The van der Waals surface area contributed by atoms with Crippen LogP contribution in [0.1, 0.15) is 29.7 Å². The summed E-state index contributed by atoms with van der Waals surface area (Å²) in [6.45, 7) is 4.02. The van der Waals surface area contributed by atoms with Crippen molar-refractivity contribution < 1.29 is 6.48 Å². The molecule has 0 aromatic heterocycles. The van der Waals surface area contributed by atoms with E-state index in [0.717, 1.165) is 22.3 Å². The quantitative estimate of drug-likeness (QED) is 0.849. The molecule has 2 rings (SSSR count). The Labute approximate surface area is 104 Å². The maximum absolute atomic E-state index is 10.2. The van der Waals surface area contributed by atoms with Crippen molar-refractivity contribution in [1.82, 2.24) is 0 Å². The second-order valence-electron chi connectivity index (χ2n) is 4.43. The van der Waals surface area contributed by atoms with E-state index in [1.54, 1.807) is 0 Å². The SMILES string of the molecule is [2H]C(c1ccc(C)cc1)C(O)c1ccc(C)cc1. The molecule has 2 atom stereocenters. The Hall–Kier alpha value is -1.60. The molecule has 0 saturated carbocycles. The van der Waals surface area contributed by atoms with Crippen molar-refractivity contribution in [3.8, 4) is 0 Å². The molecule has 2 aromatic carbocycles. The molecule has 0 aliphatic carbocycles. The van der Waals surface area contributed by atoms with Gasteiger partial charge in [-0.3, -0.25) is 0 Å². The van der Waals surface area contributed by atoms with Crippen LogP contribution in [-0.4, -0.2) is 5.11 Å². The van der Waals surface area contributed by atoms with E-state index in [-0.39, 0.29) is 0 Å². The Morgan fingerprint density at radius 1 is 0.941 bits per heavy atom. The minimum atomic E-state index is -0.784. The van der Waals surface area contributed by atoms with Crippen LogP contribution in [0.15, 0.2) is 48.5 Å². The first-order chi connectivity index (χ1) is 8.58. The van der Waals surface area contributed by atoms with Crippen molar-refractivity contribution in [3.63, 3.8) is 0 Å². The van der Waals surface area contributed by atoms with Gasteiger partial charge in [-0.15, -0.1) is 0 Å². The van der Waals surface area contributed by atoms with Gasteiger partial charge in [-0.25, -0.2) is 0 Å². The van der Waals surface area contributed by atoms with E-state index in [0.29, 0.717) is 0 Å². The smallest absolute Gasteiger partial charge is 0.0830 e. The van der Waals surface area contributed by atoms with E-state index in [1.807, 2.05) is 62.4 Å². The molecule has 88 valence electrons. The molecule has 17 heavy (non-hydrogen) atoms. The highest BCUT2D eigenvalue weighted by Gasteiger charge is 2.07. The van der Waals surface area contributed by atoms with Crippen LogP contribution in [0, 0.1) is 13.8 Å². The average Bonchev–Trinajstić information content (AvgIpc) is 2.39. The zero-order valence-electron chi connectivity index (χ0n) is 11.2. The second kappa shape index (κ2) is 5.15. The number of aliphatic hydroxyl groups excluding tert-OH is 1. The molecular weight excluding hydrogens is 208 g/mol. The summed E-state index contributed by atoms with van der Waals surface area (Å²) in [5, 5.41) is 10.2. The van der Waals surface area contributed by atoms with Crippen LogP contribution in [0.5, 0.6) is 0 Å². The van der Waals surface area contributed by atoms with Gasteiger partial charge in [-0.1, -0.05) is 59.7 Å². The van der Waals surface area contributed by atoms with E-state index in [1.165, 1.54) is 0 Å². The summed E-state index contributed by atoms with van der Waals surface area (Å²) < 4.78 is 8.13. The molecule has 0 aliphatic heterocycles. The zero-order chi connectivity index (χ0) is 13.1. The van der Waals surface area contributed by atoms with Crippen LogP contribution in [0.4, 0.5) is 0 Å². The third-order valence-corrected chi connectivity index (χ3v) is 2.85. The summed E-state index contributed by atoms with van der Waals surface area (Å²) in [6.07, 6.45) is -1.43. The van der Waals surface area contributed by atoms with Gasteiger partial charge in [-0.2, -0.15) is 0 Å². The lowest BCUT2D eigenvalue weighted by atomic mass is 10.00. The highest BCUT2D eigenvalue weighted by Crippen LogP contribution is 2.18. The lowest BCUT2D eigenvalue weighted by Gasteiger charge is -2.11. The molecule has 0 heterocycles. The summed E-state index contributed by atoms with van der Waals surface area (Å²) in [5.74, 6) is 0. The second-order valence-corrected chi connectivity index (χ2v) is 4.43. The van der Waals surface area contributed by atoms with Gasteiger partial charge < -0.3 is 5.11 Å². The van der Waals surface area contributed by atoms with E-state index in [2.05, 4.69) is 0 Å². The minimum absolute atomic E-state index is 0.645. The monoisotopic (exact) mass is 227 g/mol. The van der Waals surface area contributed by atoms with E-state index in [9.17, 15) is 5.11 Å². The predicted octanol–water partition coefficient (Wildman–Crippen LogP) is 3.58. The molecule has 2 aromatic rings. The summed E-state index contributed by atoms with van der Waals surface area (Å²) in [6, 6.07) is 15.4. The van der Waals surface area contributed by atoms with Gasteiger partial charge in [0.15, 0.2) is 0 Å². The van der Waals surface area contributed by atoms with Crippen LogP contribution in [0.3, 0.4) is 0 Å². The lowest BCUT2D eigenvalue weighted by molar-refractivity contribution is 0.178. The molecule has 1 N–H and O–H groups in total. The van der Waals surface area contributed by atoms with Gasteiger partial charge in [0.1, 0.15) is 0 Å². The number of aliphatic hydroxyl groups is 1. The van der Waals surface area contributed by atoms with Crippen LogP contribution in [-0.2, 0) is 6.40 Å². The molecule has 0 amide bonds. The molecule has 0 radical (unpaired) electrons. The Balaban J connectivity index is 2.20. The fourth-order valence-electron chi connectivity index (χ4n) is 1.72. The molecule has 0 saturated heterocycles. The van der Waals surface area contributed by atoms with Crippen molar-refractivity contribution in [2.24, 2.45) is 0 Å². The van der Waals surface area contributed by atoms with E-state index >= 15 is 0 Å². The van der Waals surface area contributed by atoms with Crippen LogP contribution in [0.2, 0.25) is 0 Å². The number of benzene rings is 2. The van der Waals surface area contributed by atoms with E-state index in [4.69, 9.17) is 1.37 Å². The third-order valence-electron chi connectivity index (χ3n) is 2.85. The van der Waals surface area contributed by atoms with Gasteiger partial charge >= 0.3 is 0 Å². The predicted molar refractivity (Wildman–Crippen MR) is 71.0 cm³/mol. The molecular formula is C16H18O. The maximum atomic E-state index is 10.2. The molecule has 0 fully saturated rings. The van der Waals surface area contributed by atoms with Gasteiger partial charge in [0, 0.05) is 7.77 Å². The lowest BCUT2D eigenvalue weighted by Crippen LogP contribution is -2.01. The Morgan fingerprint density at radius 3 is 1.94 bits per heavy atom. The molecule has 0 bridgehead atoms. The van der Waals surface area contributed by atoms with Crippen molar-refractivity contribution in [3.05, 3.63) is 70.8 Å². The summed E-state index contributed by atoms with van der Waals surface area (Å²) >= 11 is 0. The first kappa shape index (κ1) is 10.5. The fourth-order valence-corrected chi connectivity index (χ4v) is 1.72. The highest BCUT2D eigenvalue weighted by atomic mass is 16.3. The van der Waals surface area contributed by atoms with Crippen LogP contribution < -0.4 is 0 Å². The Morgan fingerprint density at radius 2 is 1.41 bits per heavy atom. The number of rotatable bonds is 3. The first-order valence-electron chi connectivity index (χ1n) is 6.39. The van der Waals surface area contributed by atoms with Crippen molar-refractivity contribution in [2.45, 2.75) is 26.3 Å². The highest BCUT2D eigenvalue weighted by molar-refractivity contribution is 5.26. The first-order valence-corrected chi connectivity index (χ1v) is 5.81. The standard InChI is InChI=1S/C16H18O/c1-12-3-7-14(8-4-12)11-16(17)15-9-5-13(2)6-10-15/h3-10,16-17H,11H2,1-2H3/i11D. The Bertz CT molecular complexity index is 452. The van der Waals surface area contributed by atoms with Crippen molar-refractivity contribution in [1.29, 1.82) is 0 Å². The number of hydrogen-bond donors (Lipinski definition) is 1. The van der Waals surface area contributed by atoms with Gasteiger partial charge in [0.25, 0.3) is 0 Å². The number of hydrogen-bond acceptors (Lipinski definition) is 1. The molecule has 2 unspecified atom stereocenters. The van der Waals surface area contributed by atoms with Crippen LogP contribution in [0.25, 0.3) is 0 Å². The topological polar surface area (TPSA) is 20.2 Å². The normalized spacial score (nSPS) is 15.1. The minimum Gasteiger partial charge on any atom is -0.388 e. The van der Waals surface area contributed by atoms with Gasteiger partial charge in [0.2, 0.25) is 0 Å². The molecule has 0 spiro atoms. The molecule has 0 aliphatic rings. The van der Waals surface area contributed by atoms with Crippen molar-refractivity contribution >= 4 is 0 Å². The average molecular weight is 227 g/mol. The summed E-state index contributed by atoms with van der Waals surface area (Å²) in [5.41, 5.74) is 3.95. The van der Waals surface area contributed by atoms with Gasteiger partial charge in [0.05, 0.1) is 6.10 Å². The number of aryl methyl sites for hydroxylation is 2. The maximum Gasteiger partial charge on any atom is 0.0830 e. The fraction of sp³-hybridized carbons (Fsp3) is 0.250. The summed E-state index contributed by atoms with van der Waals surface area (Å²) in [4.78, 5) is 0. The third kappa shape index (κ3) is 3.18. The largest absolute Gasteiger partial charge is 0.388 e. The zero-order valence-corrected chi connectivity index (χ0v) is 10.2. The van der Waals surface area contributed by atoms with Crippen molar-refractivity contribution in [2.75, 3.05) is 0 Å². The Kier molecular flexibility index (Phi) is 3.20. The molecule has 1 nitrogen and oxygen atoms in total. The molecule has 1 heteroatoms. The van der Waals surface area contributed by atoms with E-state index < -0.39 is 12.5 Å². The van der Waals surface area contributed by atoms with Crippen LogP contribution >= 0.6 is 0 Å².